The van der Waals surface area contributed by atoms with E-state index in [2.05, 4.69) is 56.8 Å². The maximum absolute atomic E-state index is 9.44. The van der Waals surface area contributed by atoms with E-state index in [1.807, 2.05) is 13.8 Å². The number of hydrogen-bond acceptors (Lipinski definition) is 3. The van der Waals surface area contributed by atoms with Crippen LogP contribution in [-0.4, -0.2) is 37.1 Å². The van der Waals surface area contributed by atoms with Gasteiger partial charge in [0.05, 0.1) is 18.2 Å². The highest BCUT2D eigenvalue weighted by atomic mass is 15.3. The average Bonchev–Trinajstić information content (AvgIpc) is 3.11. The number of nitriles is 1. The van der Waals surface area contributed by atoms with Crippen molar-refractivity contribution in [1.29, 1.82) is 5.26 Å². The van der Waals surface area contributed by atoms with Crippen LogP contribution < -0.4 is 0 Å². The van der Waals surface area contributed by atoms with Gasteiger partial charge in [-0.2, -0.15) is 5.26 Å². The SMILES string of the molecule is C/C=C(/C1CC[C@H]2C(CCC3CCCCC3)[C@@H](C)CCC12C)N(C)CN(C)CC(C)(C)C#N. The summed E-state index contributed by atoms with van der Waals surface area (Å²) in [5, 5.41) is 9.44. The summed E-state index contributed by atoms with van der Waals surface area (Å²) in [7, 11) is 4.43. The molecule has 0 saturated heterocycles. The molecule has 0 aromatic rings. The standard InChI is InChI=1S/C30H53N3/c1-8-28(33(7)22-32(6)21-29(3,4)20-31)27-17-16-26-25(23(2)18-19-30(26,27)5)15-14-24-12-10-9-11-13-24/h8,23-27H,9-19,21-22H2,1-7H3/b28-8-/t23-,25?,26-,27?,30?/m0/s1. The number of rotatable bonds is 9. The molecule has 188 valence electrons. The van der Waals surface area contributed by atoms with Gasteiger partial charge in [0.1, 0.15) is 0 Å². The first-order chi connectivity index (χ1) is 15.6. The van der Waals surface area contributed by atoms with E-state index in [4.69, 9.17) is 0 Å². The van der Waals surface area contributed by atoms with E-state index in [0.717, 1.165) is 36.9 Å². The van der Waals surface area contributed by atoms with Gasteiger partial charge in [0, 0.05) is 25.2 Å². The van der Waals surface area contributed by atoms with E-state index in [1.165, 1.54) is 70.6 Å². The number of fused-ring (bicyclic) bond motifs is 1. The summed E-state index contributed by atoms with van der Waals surface area (Å²) in [6.07, 6.45) is 18.4. The normalized spacial score (nSPS) is 33.7. The summed E-state index contributed by atoms with van der Waals surface area (Å²) in [5.74, 6) is 4.42. The lowest BCUT2D eigenvalue weighted by molar-refractivity contribution is 0.0114. The first kappa shape index (κ1) is 26.6. The Kier molecular flexibility index (Phi) is 8.99. The molecule has 0 N–H and O–H groups in total. The molecule has 0 spiro atoms. The Bertz CT molecular complexity index is 698. The van der Waals surface area contributed by atoms with Gasteiger partial charge in [-0.1, -0.05) is 58.4 Å². The van der Waals surface area contributed by atoms with Crippen LogP contribution in [0, 0.1) is 51.8 Å². The summed E-state index contributed by atoms with van der Waals surface area (Å²) in [6.45, 7) is 13.2. The third-order valence-corrected chi connectivity index (χ3v) is 9.94. The van der Waals surface area contributed by atoms with E-state index >= 15 is 0 Å². The second kappa shape index (κ2) is 11.2. The van der Waals surface area contributed by atoms with Crippen molar-refractivity contribution in [3.8, 4) is 6.07 Å². The molecule has 0 aromatic heterocycles. The van der Waals surface area contributed by atoms with Crippen molar-refractivity contribution in [2.24, 2.45) is 40.4 Å². The fourth-order valence-electron chi connectivity index (χ4n) is 8.24. The highest BCUT2D eigenvalue weighted by Gasteiger charge is 2.54. The Morgan fingerprint density at radius 3 is 2.39 bits per heavy atom. The Labute approximate surface area is 206 Å². The zero-order valence-electron chi connectivity index (χ0n) is 23.0. The maximum atomic E-state index is 9.44. The summed E-state index contributed by atoms with van der Waals surface area (Å²) in [4.78, 5) is 4.80. The van der Waals surface area contributed by atoms with Crippen molar-refractivity contribution >= 4 is 0 Å². The van der Waals surface area contributed by atoms with E-state index in [-0.39, 0.29) is 5.41 Å². The minimum atomic E-state index is -0.304. The van der Waals surface area contributed by atoms with Crippen LogP contribution in [0.25, 0.3) is 0 Å². The lowest BCUT2D eigenvalue weighted by Gasteiger charge is -2.50. The zero-order valence-corrected chi connectivity index (χ0v) is 23.0. The summed E-state index contributed by atoms with van der Waals surface area (Å²) in [5.41, 5.74) is 1.69. The molecule has 33 heavy (non-hydrogen) atoms. The van der Waals surface area contributed by atoms with Crippen LogP contribution in [0.15, 0.2) is 11.8 Å². The Hall–Kier alpha value is -1.01. The second-order valence-corrected chi connectivity index (χ2v) is 13.1. The smallest absolute Gasteiger partial charge is 0.0698 e. The van der Waals surface area contributed by atoms with Crippen LogP contribution in [-0.2, 0) is 0 Å². The van der Waals surface area contributed by atoms with E-state index < -0.39 is 0 Å². The van der Waals surface area contributed by atoms with Crippen molar-refractivity contribution in [3.05, 3.63) is 11.8 Å². The third-order valence-electron chi connectivity index (χ3n) is 9.94. The fraction of sp³-hybridized carbons (Fsp3) is 0.900. The summed E-state index contributed by atoms with van der Waals surface area (Å²) >= 11 is 0. The lowest BCUT2D eigenvalue weighted by Crippen LogP contribution is -2.44. The van der Waals surface area contributed by atoms with Crippen LogP contribution in [0.4, 0.5) is 0 Å². The molecule has 5 atom stereocenters. The molecule has 3 rings (SSSR count). The molecule has 3 unspecified atom stereocenters. The highest BCUT2D eigenvalue weighted by Crippen LogP contribution is 2.61. The van der Waals surface area contributed by atoms with Gasteiger partial charge in [0.15, 0.2) is 0 Å². The first-order valence-corrected chi connectivity index (χ1v) is 14.1. The number of hydrogen-bond donors (Lipinski definition) is 0. The Morgan fingerprint density at radius 1 is 1.06 bits per heavy atom. The van der Waals surface area contributed by atoms with Gasteiger partial charge < -0.3 is 4.90 Å². The van der Waals surface area contributed by atoms with Crippen LogP contribution in [0.1, 0.15) is 105 Å². The third kappa shape index (κ3) is 6.17. The average molecular weight is 456 g/mol. The topological polar surface area (TPSA) is 30.3 Å². The van der Waals surface area contributed by atoms with Crippen molar-refractivity contribution in [2.45, 2.75) is 105 Å². The Morgan fingerprint density at radius 2 is 1.76 bits per heavy atom. The summed E-state index contributed by atoms with van der Waals surface area (Å²) < 4.78 is 0. The fourth-order valence-corrected chi connectivity index (χ4v) is 8.24. The molecule has 0 heterocycles. The molecule has 0 amide bonds. The molecule has 0 bridgehead atoms. The lowest BCUT2D eigenvalue weighted by atomic mass is 9.56. The molecular formula is C30H53N3. The van der Waals surface area contributed by atoms with Gasteiger partial charge >= 0.3 is 0 Å². The minimum absolute atomic E-state index is 0.304. The zero-order chi connectivity index (χ0) is 24.2. The molecule has 3 saturated carbocycles. The molecular weight excluding hydrogens is 402 g/mol. The Balaban J connectivity index is 1.67. The van der Waals surface area contributed by atoms with Gasteiger partial charge in [-0.25, -0.2) is 0 Å². The quantitative estimate of drug-likeness (QED) is 0.334. The van der Waals surface area contributed by atoms with E-state index in [0.29, 0.717) is 11.3 Å². The van der Waals surface area contributed by atoms with Crippen molar-refractivity contribution in [2.75, 3.05) is 27.3 Å². The largest absolute Gasteiger partial charge is 0.365 e. The van der Waals surface area contributed by atoms with Crippen LogP contribution in [0.2, 0.25) is 0 Å². The molecule has 3 aliphatic carbocycles. The van der Waals surface area contributed by atoms with Crippen LogP contribution >= 0.6 is 0 Å². The predicted molar refractivity (Wildman–Crippen MR) is 140 cm³/mol. The van der Waals surface area contributed by atoms with Crippen molar-refractivity contribution in [1.82, 2.24) is 9.80 Å². The minimum Gasteiger partial charge on any atom is -0.365 e. The number of nitrogens with zero attached hydrogens (tertiary/aromatic N) is 3. The number of allylic oxidation sites excluding steroid dienone is 2. The molecule has 3 aliphatic rings. The summed E-state index contributed by atoms with van der Waals surface area (Å²) in [6, 6.07) is 2.46. The molecule has 0 aliphatic heterocycles. The van der Waals surface area contributed by atoms with Gasteiger partial charge in [-0.15, -0.1) is 0 Å². The monoisotopic (exact) mass is 455 g/mol. The van der Waals surface area contributed by atoms with Crippen molar-refractivity contribution in [3.63, 3.8) is 0 Å². The second-order valence-electron chi connectivity index (χ2n) is 13.1. The molecule has 3 heteroatoms. The van der Waals surface area contributed by atoms with Crippen LogP contribution in [0.3, 0.4) is 0 Å². The molecule has 3 nitrogen and oxygen atoms in total. The van der Waals surface area contributed by atoms with Gasteiger partial charge in [-0.3, -0.25) is 4.90 Å². The first-order valence-electron chi connectivity index (χ1n) is 14.1. The molecule has 0 aromatic carbocycles. The maximum Gasteiger partial charge on any atom is 0.0698 e. The van der Waals surface area contributed by atoms with Crippen molar-refractivity contribution < 1.29 is 0 Å². The predicted octanol–water partition coefficient (Wildman–Crippen LogP) is 7.70. The van der Waals surface area contributed by atoms with E-state index in [9.17, 15) is 5.26 Å². The molecule has 0 radical (unpaired) electrons. The molecule has 3 fully saturated rings. The van der Waals surface area contributed by atoms with Gasteiger partial charge in [-0.05, 0) is 89.0 Å². The van der Waals surface area contributed by atoms with E-state index in [1.54, 1.807) is 5.70 Å². The van der Waals surface area contributed by atoms with Crippen LogP contribution in [0.5, 0.6) is 0 Å². The van der Waals surface area contributed by atoms with Gasteiger partial charge in [0.2, 0.25) is 0 Å². The van der Waals surface area contributed by atoms with Gasteiger partial charge in [0.25, 0.3) is 0 Å². The highest BCUT2D eigenvalue weighted by molar-refractivity contribution is 5.15.